The topological polar surface area (TPSA) is 64.6 Å². The first-order chi connectivity index (χ1) is 8.31. The molecule has 0 radical (unpaired) electrons. The van der Waals surface area contributed by atoms with Crippen molar-refractivity contribution < 1.29 is 19.1 Å². The van der Waals surface area contributed by atoms with E-state index >= 15 is 0 Å². The molecule has 18 heavy (non-hydrogen) atoms. The third-order valence-electron chi connectivity index (χ3n) is 2.46. The van der Waals surface area contributed by atoms with Gasteiger partial charge >= 0.3 is 12.1 Å². The molecule has 1 heterocycles. The van der Waals surface area contributed by atoms with Crippen LogP contribution in [-0.4, -0.2) is 41.8 Å². The monoisotopic (exact) mass is 275 g/mol. The third kappa shape index (κ3) is 5.16. The lowest BCUT2D eigenvalue weighted by molar-refractivity contribution is -0.140. The average molecular weight is 275 g/mol. The molecule has 0 aromatic carbocycles. The highest BCUT2D eigenvalue weighted by Crippen LogP contribution is 2.26. The van der Waals surface area contributed by atoms with Crippen molar-refractivity contribution in [3.63, 3.8) is 0 Å². The molecule has 1 aliphatic heterocycles. The number of carbonyl (C=O) groups is 2. The van der Waals surface area contributed by atoms with Crippen molar-refractivity contribution in [2.45, 2.75) is 50.5 Å². The molecule has 0 spiro atoms. The second kappa shape index (κ2) is 6.31. The molecule has 0 aromatic rings. The van der Waals surface area contributed by atoms with Gasteiger partial charge in [-0.15, -0.1) is 11.8 Å². The number of esters is 1. The number of carbonyl (C=O) groups excluding carboxylic acids is 2. The molecule has 1 aliphatic rings. The van der Waals surface area contributed by atoms with Crippen molar-refractivity contribution in [1.29, 1.82) is 0 Å². The van der Waals surface area contributed by atoms with Crippen LogP contribution in [0.3, 0.4) is 0 Å². The van der Waals surface area contributed by atoms with Gasteiger partial charge in [-0.3, -0.25) is 4.79 Å². The van der Waals surface area contributed by atoms with Crippen LogP contribution in [-0.2, 0) is 14.3 Å². The maximum absolute atomic E-state index is 11.6. The second-order valence-corrected chi connectivity index (χ2v) is 6.50. The minimum absolute atomic E-state index is 0.0609. The Bertz CT molecular complexity index is 306. The number of ether oxygens (including phenoxy) is 2. The highest BCUT2D eigenvalue weighted by Gasteiger charge is 2.29. The number of hydrogen-bond donors (Lipinski definition) is 1. The number of hydrogen-bond acceptors (Lipinski definition) is 5. The minimum Gasteiger partial charge on any atom is -0.468 e. The van der Waals surface area contributed by atoms with Gasteiger partial charge in [-0.2, -0.15) is 0 Å². The highest BCUT2D eigenvalue weighted by molar-refractivity contribution is 8.00. The van der Waals surface area contributed by atoms with Gasteiger partial charge in [0.15, 0.2) is 0 Å². The maximum Gasteiger partial charge on any atom is 0.407 e. The Hall–Kier alpha value is -0.910. The first-order valence-electron chi connectivity index (χ1n) is 6.01. The van der Waals surface area contributed by atoms with Gasteiger partial charge in [-0.05, 0) is 33.6 Å². The quantitative estimate of drug-likeness (QED) is 0.780. The average Bonchev–Trinajstić information content (AvgIpc) is 2.26. The van der Waals surface area contributed by atoms with E-state index in [1.54, 1.807) is 0 Å². The van der Waals surface area contributed by atoms with Crippen LogP contribution in [0.15, 0.2) is 0 Å². The standard InChI is InChI=1S/C12H21NO4S/c1-12(2,3)17-11(15)13-8-5-6-9(18-7-8)10(14)16-4/h8-9H,5-7H2,1-4H3,(H,13,15)/t8-,9+/m0/s1. The lowest BCUT2D eigenvalue weighted by Gasteiger charge is -2.28. The molecule has 1 N–H and O–H groups in total. The molecule has 6 heteroatoms. The van der Waals surface area contributed by atoms with Crippen LogP contribution in [0.4, 0.5) is 4.79 Å². The Morgan fingerprint density at radius 1 is 1.28 bits per heavy atom. The maximum atomic E-state index is 11.6. The predicted molar refractivity (Wildman–Crippen MR) is 70.7 cm³/mol. The van der Waals surface area contributed by atoms with Crippen molar-refractivity contribution in [3.05, 3.63) is 0 Å². The van der Waals surface area contributed by atoms with E-state index in [1.165, 1.54) is 18.9 Å². The van der Waals surface area contributed by atoms with Crippen LogP contribution in [0.2, 0.25) is 0 Å². The summed E-state index contributed by atoms with van der Waals surface area (Å²) in [5, 5.41) is 2.71. The number of rotatable bonds is 2. The summed E-state index contributed by atoms with van der Waals surface area (Å²) in [7, 11) is 1.40. The van der Waals surface area contributed by atoms with Crippen molar-refractivity contribution in [2.75, 3.05) is 12.9 Å². The second-order valence-electron chi connectivity index (χ2n) is 5.27. The van der Waals surface area contributed by atoms with Gasteiger partial charge < -0.3 is 14.8 Å². The fourth-order valence-corrected chi connectivity index (χ4v) is 2.91. The molecule has 0 aromatic heterocycles. The van der Waals surface area contributed by atoms with Gasteiger partial charge in [-0.1, -0.05) is 0 Å². The lowest BCUT2D eigenvalue weighted by atomic mass is 10.1. The van der Waals surface area contributed by atoms with E-state index in [1.807, 2.05) is 20.8 Å². The molecule has 0 unspecified atom stereocenters. The van der Waals surface area contributed by atoms with Gasteiger partial charge in [0, 0.05) is 11.8 Å². The van der Waals surface area contributed by atoms with Gasteiger partial charge in [0.1, 0.15) is 10.9 Å². The molecule has 104 valence electrons. The number of thioether (sulfide) groups is 1. The molecule has 1 rings (SSSR count). The van der Waals surface area contributed by atoms with E-state index in [9.17, 15) is 9.59 Å². The Balaban J connectivity index is 2.31. The molecule has 1 fully saturated rings. The largest absolute Gasteiger partial charge is 0.468 e. The highest BCUT2D eigenvalue weighted by atomic mass is 32.2. The van der Waals surface area contributed by atoms with Crippen molar-refractivity contribution in [2.24, 2.45) is 0 Å². The van der Waals surface area contributed by atoms with Gasteiger partial charge in [0.2, 0.25) is 0 Å². The molecule has 2 atom stereocenters. The zero-order valence-electron chi connectivity index (χ0n) is 11.3. The van der Waals surface area contributed by atoms with Gasteiger partial charge in [0.25, 0.3) is 0 Å². The fraction of sp³-hybridized carbons (Fsp3) is 0.833. The van der Waals surface area contributed by atoms with Crippen LogP contribution < -0.4 is 5.32 Å². The number of methoxy groups -OCH3 is 1. The van der Waals surface area contributed by atoms with Crippen LogP contribution in [0.1, 0.15) is 33.6 Å². The van der Waals surface area contributed by atoms with Gasteiger partial charge in [-0.25, -0.2) is 4.79 Å². The summed E-state index contributed by atoms with van der Waals surface area (Å²) in [4.78, 5) is 22.9. The van der Waals surface area contributed by atoms with Gasteiger partial charge in [0.05, 0.1) is 7.11 Å². The van der Waals surface area contributed by atoms with E-state index in [-0.39, 0.29) is 17.3 Å². The summed E-state index contributed by atoms with van der Waals surface area (Å²) in [6.45, 7) is 5.49. The van der Waals surface area contributed by atoms with E-state index in [4.69, 9.17) is 9.47 Å². The van der Waals surface area contributed by atoms with Crippen LogP contribution in [0.5, 0.6) is 0 Å². The number of amides is 1. The van der Waals surface area contributed by atoms with E-state index in [0.717, 1.165) is 12.8 Å². The smallest absolute Gasteiger partial charge is 0.407 e. The third-order valence-corrected chi connectivity index (χ3v) is 3.89. The molecule has 1 saturated heterocycles. The normalized spacial score (nSPS) is 24.2. The van der Waals surface area contributed by atoms with Crippen molar-refractivity contribution in [1.82, 2.24) is 5.32 Å². The minimum atomic E-state index is -0.486. The molecular weight excluding hydrogens is 254 g/mol. The number of alkyl carbamates (subject to hydrolysis) is 1. The van der Waals surface area contributed by atoms with Crippen LogP contribution >= 0.6 is 11.8 Å². The predicted octanol–water partition coefficient (Wildman–Crippen LogP) is 1.95. The van der Waals surface area contributed by atoms with Crippen LogP contribution in [0.25, 0.3) is 0 Å². The summed E-state index contributed by atoms with van der Waals surface area (Å²) in [5.41, 5.74) is -0.486. The van der Waals surface area contributed by atoms with Crippen molar-refractivity contribution in [3.8, 4) is 0 Å². The molecular formula is C12H21NO4S. The Morgan fingerprint density at radius 2 is 1.94 bits per heavy atom. The molecule has 0 bridgehead atoms. The summed E-state index contributed by atoms with van der Waals surface area (Å²) >= 11 is 1.52. The molecule has 5 nitrogen and oxygen atoms in total. The lowest BCUT2D eigenvalue weighted by Crippen LogP contribution is -2.43. The summed E-state index contributed by atoms with van der Waals surface area (Å²) in [6, 6.07) is 0.0609. The Kier molecular flexibility index (Phi) is 5.31. The number of nitrogens with one attached hydrogen (secondary N) is 1. The molecule has 0 aliphatic carbocycles. The molecule has 0 saturated carbocycles. The van der Waals surface area contributed by atoms with E-state index < -0.39 is 11.7 Å². The summed E-state index contributed by atoms with van der Waals surface area (Å²) in [6.07, 6.45) is 1.09. The van der Waals surface area contributed by atoms with Crippen molar-refractivity contribution >= 4 is 23.8 Å². The fourth-order valence-electron chi connectivity index (χ4n) is 1.66. The van der Waals surface area contributed by atoms with E-state index in [0.29, 0.717) is 5.75 Å². The zero-order valence-corrected chi connectivity index (χ0v) is 12.1. The zero-order chi connectivity index (χ0) is 13.8. The van der Waals surface area contributed by atoms with Crippen LogP contribution in [0, 0.1) is 0 Å². The SMILES string of the molecule is COC(=O)[C@H]1CC[C@H](NC(=O)OC(C)(C)C)CS1. The Labute approximate surface area is 112 Å². The first kappa shape index (κ1) is 15.1. The Morgan fingerprint density at radius 3 is 2.39 bits per heavy atom. The first-order valence-corrected chi connectivity index (χ1v) is 7.05. The van der Waals surface area contributed by atoms with E-state index in [2.05, 4.69) is 5.32 Å². The summed E-state index contributed by atoms with van der Waals surface area (Å²) < 4.78 is 9.89. The summed E-state index contributed by atoms with van der Waals surface area (Å²) in [5.74, 6) is 0.523. The molecule has 1 amide bonds.